The van der Waals surface area contributed by atoms with E-state index < -0.39 is 0 Å². The Kier molecular flexibility index (Phi) is 6.06. The third-order valence-corrected chi connectivity index (χ3v) is 6.54. The van der Waals surface area contributed by atoms with Gasteiger partial charge in [-0.05, 0) is 32.1 Å². The molecule has 1 amide bonds. The number of carbonyl (C=O) groups is 1. The Hall–Kier alpha value is -4.02. The van der Waals surface area contributed by atoms with Crippen LogP contribution in [-0.4, -0.2) is 59.3 Å². The van der Waals surface area contributed by atoms with Crippen LogP contribution < -0.4 is 30.2 Å². The van der Waals surface area contributed by atoms with E-state index in [0.717, 1.165) is 49.0 Å². The molecule has 0 radical (unpaired) electrons. The van der Waals surface area contributed by atoms with Gasteiger partial charge in [-0.2, -0.15) is 4.98 Å². The van der Waals surface area contributed by atoms with Crippen molar-refractivity contribution in [2.75, 3.05) is 38.1 Å². The predicted octanol–water partition coefficient (Wildman–Crippen LogP) is 2.37. The van der Waals surface area contributed by atoms with E-state index in [1.165, 1.54) is 0 Å². The lowest BCUT2D eigenvalue weighted by molar-refractivity contribution is -0.119. The second-order valence-electron chi connectivity index (χ2n) is 8.58. The van der Waals surface area contributed by atoms with Crippen molar-refractivity contribution in [2.24, 2.45) is 5.73 Å². The normalized spacial score (nSPS) is 16.8. The molecule has 3 N–H and O–H groups in total. The number of carbonyl (C=O) groups excluding carboxylic acids is 1. The van der Waals surface area contributed by atoms with E-state index in [9.17, 15) is 4.79 Å². The Bertz CT molecular complexity index is 1230. The quantitative estimate of drug-likeness (QED) is 0.500. The summed E-state index contributed by atoms with van der Waals surface area (Å²) in [5.74, 6) is 3.18. The fourth-order valence-corrected chi connectivity index (χ4v) is 4.82. The Morgan fingerprint density at radius 2 is 1.86 bits per heavy atom. The summed E-state index contributed by atoms with van der Waals surface area (Å²) < 4.78 is 18.2. The summed E-state index contributed by atoms with van der Waals surface area (Å²) >= 11 is 0. The van der Waals surface area contributed by atoms with Crippen molar-refractivity contribution in [2.45, 2.75) is 38.1 Å². The van der Waals surface area contributed by atoms with E-state index in [0.29, 0.717) is 41.4 Å². The predicted molar refractivity (Wildman–Crippen MR) is 130 cm³/mol. The number of nitrogens with two attached hydrogens (primary N) is 1. The van der Waals surface area contributed by atoms with E-state index in [1.54, 1.807) is 27.7 Å². The average Bonchev–Trinajstić information content (AvgIpc) is 3.63. The number of imidazole rings is 1. The Morgan fingerprint density at radius 1 is 1.09 bits per heavy atom. The Balaban J connectivity index is 1.46. The smallest absolute Gasteiger partial charge is 0.240 e. The molecule has 0 spiro atoms. The van der Waals surface area contributed by atoms with Crippen molar-refractivity contribution in [1.82, 2.24) is 19.5 Å². The SMILES string of the molecule is COc1cc(-n2cnc(Nc3nc(N4CCC[C@H]4C(N)=O)nc4c3CCC4)c2)cc(OC)c1OC. The molecule has 0 bridgehead atoms. The number of hydrogen-bond acceptors (Lipinski definition) is 9. The molecule has 1 aromatic carbocycles. The van der Waals surface area contributed by atoms with E-state index in [4.69, 9.17) is 29.9 Å². The van der Waals surface area contributed by atoms with E-state index in [2.05, 4.69) is 10.3 Å². The number of nitrogens with zero attached hydrogens (tertiary/aromatic N) is 5. The molecule has 184 valence electrons. The average molecular weight is 480 g/mol. The van der Waals surface area contributed by atoms with Crippen molar-refractivity contribution in [3.63, 3.8) is 0 Å². The number of methoxy groups -OCH3 is 3. The molecular weight excluding hydrogens is 450 g/mol. The number of anilines is 3. The van der Waals surface area contributed by atoms with Crippen LogP contribution in [0.25, 0.3) is 5.69 Å². The molecule has 1 saturated heterocycles. The molecule has 11 heteroatoms. The minimum absolute atomic E-state index is 0.342. The number of amides is 1. The topological polar surface area (TPSA) is 130 Å². The molecule has 1 atom stereocenters. The minimum atomic E-state index is -0.374. The first-order valence-electron chi connectivity index (χ1n) is 11.6. The zero-order valence-corrected chi connectivity index (χ0v) is 20.1. The third kappa shape index (κ3) is 4.17. The zero-order valence-electron chi connectivity index (χ0n) is 20.1. The van der Waals surface area contributed by atoms with Crippen molar-refractivity contribution < 1.29 is 19.0 Å². The van der Waals surface area contributed by atoms with Gasteiger partial charge >= 0.3 is 0 Å². The highest BCUT2D eigenvalue weighted by Gasteiger charge is 2.32. The maximum atomic E-state index is 11.9. The molecule has 1 aliphatic carbocycles. The van der Waals surface area contributed by atoms with Crippen LogP contribution in [0.2, 0.25) is 0 Å². The van der Waals surface area contributed by atoms with Gasteiger partial charge in [-0.1, -0.05) is 0 Å². The van der Waals surface area contributed by atoms with Gasteiger partial charge in [-0.25, -0.2) is 9.97 Å². The summed E-state index contributed by atoms with van der Waals surface area (Å²) in [6, 6.07) is 3.33. The maximum Gasteiger partial charge on any atom is 0.240 e. The van der Waals surface area contributed by atoms with Gasteiger partial charge in [-0.15, -0.1) is 0 Å². The van der Waals surface area contributed by atoms with Gasteiger partial charge in [0, 0.05) is 24.2 Å². The van der Waals surface area contributed by atoms with Crippen LogP contribution in [0.3, 0.4) is 0 Å². The number of benzene rings is 1. The van der Waals surface area contributed by atoms with Gasteiger partial charge in [0.1, 0.15) is 24.0 Å². The van der Waals surface area contributed by atoms with Gasteiger partial charge in [0.25, 0.3) is 0 Å². The van der Waals surface area contributed by atoms with E-state index >= 15 is 0 Å². The largest absolute Gasteiger partial charge is 0.493 e. The molecule has 2 aliphatic rings. The molecule has 3 heterocycles. The van der Waals surface area contributed by atoms with Crippen molar-refractivity contribution >= 4 is 23.5 Å². The van der Waals surface area contributed by atoms with Crippen molar-refractivity contribution in [1.29, 1.82) is 0 Å². The molecule has 1 aliphatic heterocycles. The number of primary amides is 1. The van der Waals surface area contributed by atoms with Crippen molar-refractivity contribution in [3.8, 4) is 22.9 Å². The number of hydrogen-bond donors (Lipinski definition) is 2. The second kappa shape index (κ2) is 9.32. The molecule has 0 saturated carbocycles. The van der Waals surface area contributed by atoms with Crippen LogP contribution in [0.15, 0.2) is 24.7 Å². The number of aryl methyl sites for hydroxylation is 1. The highest BCUT2D eigenvalue weighted by molar-refractivity contribution is 5.83. The van der Waals surface area contributed by atoms with Crippen molar-refractivity contribution in [3.05, 3.63) is 35.9 Å². The molecular formula is C24H29N7O4. The molecule has 2 aromatic heterocycles. The van der Waals surface area contributed by atoms with Crippen LogP contribution in [0.1, 0.15) is 30.5 Å². The Morgan fingerprint density at radius 3 is 2.54 bits per heavy atom. The van der Waals surface area contributed by atoms with Gasteiger partial charge in [0.15, 0.2) is 11.5 Å². The van der Waals surface area contributed by atoms with Gasteiger partial charge in [0.2, 0.25) is 17.6 Å². The third-order valence-electron chi connectivity index (χ3n) is 6.54. The summed E-state index contributed by atoms with van der Waals surface area (Å²) in [7, 11) is 4.73. The highest BCUT2D eigenvalue weighted by atomic mass is 16.5. The van der Waals surface area contributed by atoms with Crippen LogP contribution in [0, 0.1) is 0 Å². The lowest BCUT2D eigenvalue weighted by Gasteiger charge is -2.23. The molecule has 0 unspecified atom stereocenters. The fourth-order valence-electron chi connectivity index (χ4n) is 4.82. The molecule has 11 nitrogen and oxygen atoms in total. The summed E-state index contributed by atoms with van der Waals surface area (Å²) in [6.45, 7) is 0.710. The summed E-state index contributed by atoms with van der Waals surface area (Å²) in [4.78, 5) is 28.0. The molecule has 3 aromatic rings. The fraction of sp³-hybridized carbons (Fsp3) is 0.417. The number of rotatable bonds is 8. The lowest BCUT2D eigenvalue weighted by Crippen LogP contribution is -2.41. The minimum Gasteiger partial charge on any atom is -0.493 e. The number of ether oxygens (including phenoxy) is 3. The maximum absolute atomic E-state index is 11.9. The number of nitrogens with one attached hydrogen (secondary N) is 1. The van der Waals surface area contributed by atoms with Crippen LogP contribution in [-0.2, 0) is 17.6 Å². The molecule has 5 rings (SSSR count). The standard InChI is InChI=1S/C24H29N7O4/c1-33-18-10-14(11-19(34-2)21(18)35-3)30-12-20(26-13-30)28-23-15-6-4-7-16(15)27-24(29-23)31-9-5-8-17(31)22(25)32/h10-13,17H,4-9H2,1-3H3,(H2,25,32)(H,27,28,29)/t17-/m0/s1. The first-order chi connectivity index (χ1) is 17.0. The van der Waals surface area contributed by atoms with Gasteiger partial charge < -0.3 is 34.7 Å². The first-order valence-corrected chi connectivity index (χ1v) is 11.6. The molecule has 35 heavy (non-hydrogen) atoms. The number of aromatic nitrogens is 4. The van der Waals surface area contributed by atoms with Gasteiger partial charge in [-0.3, -0.25) is 4.79 Å². The summed E-state index contributed by atoms with van der Waals surface area (Å²) in [5.41, 5.74) is 8.53. The van der Waals surface area contributed by atoms with Gasteiger partial charge in [0.05, 0.1) is 38.9 Å². The number of fused-ring (bicyclic) bond motifs is 1. The van der Waals surface area contributed by atoms with Crippen LogP contribution in [0.4, 0.5) is 17.6 Å². The first kappa shape index (κ1) is 22.8. The highest BCUT2D eigenvalue weighted by Crippen LogP contribution is 2.39. The Labute approximate surface area is 203 Å². The second-order valence-corrected chi connectivity index (χ2v) is 8.58. The lowest BCUT2D eigenvalue weighted by atomic mass is 10.2. The monoisotopic (exact) mass is 479 g/mol. The van der Waals surface area contributed by atoms with E-state index in [-0.39, 0.29) is 11.9 Å². The van der Waals surface area contributed by atoms with E-state index in [1.807, 2.05) is 27.8 Å². The zero-order chi connectivity index (χ0) is 24.5. The van der Waals surface area contributed by atoms with Crippen LogP contribution >= 0.6 is 0 Å². The summed E-state index contributed by atoms with van der Waals surface area (Å²) in [5, 5.41) is 3.37. The van der Waals surface area contributed by atoms with Crippen LogP contribution in [0.5, 0.6) is 17.2 Å². The molecule has 1 fully saturated rings. The summed E-state index contributed by atoms with van der Waals surface area (Å²) in [6.07, 6.45) is 7.97.